The van der Waals surface area contributed by atoms with Crippen LogP contribution in [0.5, 0.6) is 0 Å². The summed E-state index contributed by atoms with van der Waals surface area (Å²) >= 11 is 0. The maximum Gasteiger partial charge on any atom is 0.202 e. The van der Waals surface area contributed by atoms with Gasteiger partial charge in [-0.3, -0.25) is 4.90 Å². The number of hydrogen-bond acceptors (Lipinski definition) is 5. The predicted octanol–water partition coefficient (Wildman–Crippen LogP) is 2.37. The van der Waals surface area contributed by atoms with E-state index in [0.29, 0.717) is 5.76 Å². The summed E-state index contributed by atoms with van der Waals surface area (Å²) in [5.74, 6) is 2.18. The molecule has 1 saturated heterocycles. The molecular formula is C15H21N3O2. The Hall–Kier alpha value is -1.59. The Kier molecular flexibility index (Phi) is 4.18. The second-order valence-corrected chi connectivity index (χ2v) is 5.46. The minimum absolute atomic E-state index is 0.703. The molecule has 0 spiro atoms. The van der Waals surface area contributed by atoms with Gasteiger partial charge in [0.15, 0.2) is 5.76 Å². The van der Waals surface area contributed by atoms with E-state index in [0.717, 1.165) is 43.6 Å². The van der Waals surface area contributed by atoms with Crippen LogP contribution in [0.2, 0.25) is 0 Å². The molecule has 1 aliphatic rings. The van der Waals surface area contributed by atoms with E-state index in [2.05, 4.69) is 15.4 Å². The average molecular weight is 275 g/mol. The zero-order valence-electron chi connectivity index (χ0n) is 11.8. The van der Waals surface area contributed by atoms with Crippen LogP contribution in [0.4, 0.5) is 0 Å². The van der Waals surface area contributed by atoms with Crippen molar-refractivity contribution < 1.29 is 8.94 Å². The predicted molar refractivity (Wildman–Crippen MR) is 76.1 cm³/mol. The highest BCUT2D eigenvalue weighted by Crippen LogP contribution is 2.22. The van der Waals surface area contributed by atoms with E-state index in [1.54, 1.807) is 6.26 Å². The fourth-order valence-corrected chi connectivity index (χ4v) is 2.90. The molecule has 108 valence electrons. The summed E-state index contributed by atoms with van der Waals surface area (Å²) in [7, 11) is 2.02. The van der Waals surface area contributed by atoms with Gasteiger partial charge in [-0.05, 0) is 51.0 Å². The highest BCUT2D eigenvalue weighted by atomic mass is 16.5. The molecule has 1 unspecified atom stereocenters. The van der Waals surface area contributed by atoms with Crippen LogP contribution in [-0.2, 0) is 6.54 Å². The van der Waals surface area contributed by atoms with Crippen LogP contribution in [-0.4, -0.2) is 36.7 Å². The maximum absolute atomic E-state index is 5.34. The first-order valence-electron chi connectivity index (χ1n) is 7.21. The molecule has 2 aromatic heterocycles. The van der Waals surface area contributed by atoms with Crippen LogP contribution >= 0.6 is 0 Å². The van der Waals surface area contributed by atoms with Gasteiger partial charge in [0.05, 0.1) is 12.0 Å². The molecule has 0 aliphatic carbocycles. The minimum atomic E-state index is 0.703. The van der Waals surface area contributed by atoms with Crippen LogP contribution in [0.15, 0.2) is 33.4 Å². The first-order chi connectivity index (χ1) is 9.85. The SMILES string of the molecule is CNCC1CCCN(Cc2cc(-c3ccco3)on2)C1. The number of rotatable bonds is 5. The van der Waals surface area contributed by atoms with E-state index in [1.807, 2.05) is 25.2 Å². The third-order valence-electron chi connectivity index (χ3n) is 3.80. The van der Waals surface area contributed by atoms with Crippen molar-refractivity contribution >= 4 is 0 Å². The van der Waals surface area contributed by atoms with E-state index in [1.165, 1.54) is 12.8 Å². The second kappa shape index (κ2) is 6.24. The summed E-state index contributed by atoms with van der Waals surface area (Å²) in [5.41, 5.74) is 0.974. The number of aromatic nitrogens is 1. The van der Waals surface area contributed by atoms with Gasteiger partial charge < -0.3 is 14.3 Å². The van der Waals surface area contributed by atoms with Crippen molar-refractivity contribution in [2.75, 3.05) is 26.7 Å². The van der Waals surface area contributed by atoms with Crippen molar-refractivity contribution in [3.05, 3.63) is 30.2 Å². The maximum atomic E-state index is 5.34. The fourth-order valence-electron chi connectivity index (χ4n) is 2.90. The summed E-state index contributed by atoms with van der Waals surface area (Å²) < 4.78 is 10.7. The van der Waals surface area contributed by atoms with Crippen LogP contribution in [0.25, 0.3) is 11.5 Å². The third kappa shape index (κ3) is 3.11. The van der Waals surface area contributed by atoms with Crippen LogP contribution < -0.4 is 5.32 Å². The fraction of sp³-hybridized carbons (Fsp3) is 0.533. The van der Waals surface area contributed by atoms with Crippen LogP contribution in [0.1, 0.15) is 18.5 Å². The molecule has 1 atom stereocenters. The van der Waals surface area contributed by atoms with Crippen LogP contribution in [0, 0.1) is 5.92 Å². The molecule has 0 saturated carbocycles. The van der Waals surface area contributed by atoms with Gasteiger partial charge in [-0.25, -0.2) is 0 Å². The smallest absolute Gasteiger partial charge is 0.202 e. The van der Waals surface area contributed by atoms with E-state index in [9.17, 15) is 0 Å². The molecule has 5 nitrogen and oxygen atoms in total. The summed E-state index contributed by atoms with van der Waals surface area (Å²) in [5, 5.41) is 7.42. The van der Waals surface area contributed by atoms with Crippen molar-refractivity contribution in [1.82, 2.24) is 15.4 Å². The molecule has 0 amide bonds. The molecule has 3 heterocycles. The first-order valence-corrected chi connectivity index (χ1v) is 7.21. The molecule has 1 N–H and O–H groups in total. The highest BCUT2D eigenvalue weighted by molar-refractivity contribution is 5.49. The van der Waals surface area contributed by atoms with Gasteiger partial charge in [0.1, 0.15) is 0 Å². The van der Waals surface area contributed by atoms with Gasteiger partial charge in [-0.1, -0.05) is 5.16 Å². The van der Waals surface area contributed by atoms with Crippen LogP contribution in [0.3, 0.4) is 0 Å². The van der Waals surface area contributed by atoms with Gasteiger partial charge in [0.2, 0.25) is 5.76 Å². The number of furan rings is 1. The van der Waals surface area contributed by atoms with Gasteiger partial charge in [-0.15, -0.1) is 0 Å². The molecule has 1 aliphatic heterocycles. The third-order valence-corrected chi connectivity index (χ3v) is 3.80. The molecule has 0 bridgehead atoms. The number of likely N-dealkylation sites (tertiary alicyclic amines) is 1. The number of nitrogens with zero attached hydrogens (tertiary/aromatic N) is 2. The van der Waals surface area contributed by atoms with E-state index >= 15 is 0 Å². The Bertz CT molecular complexity index is 519. The number of piperidine rings is 1. The van der Waals surface area contributed by atoms with Gasteiger partial charge in [0, 0.05) is 19.2 Å². The van der Waals surface area contributed by atoms with Crippen molar-refractivity contribution in [1.29, 1.82) is 0 Å². The summed E-state index contributed by atoms with van der Waals surface area (Å²) in [6.07, 6.45) is 4.22. The second-order valence-electron chi connectivity index (χ2n) is 5.46. The molecule has 2 aromatic rings. The van der Waals surface area contributed by atoms with Crippen molar-refractivity contribution in [3.63, 3.8) is 0 Å². The summed E-state index contributed by atoms with van der Waals surface area (Å²) in [4.78, 5) is 2.45. The lowest BCUT2D eigenvalue weighted by molar-refractivity contribution is 0.163. The lowest BCUT2D eigenvalue weighted by Gasteiger charge is -2.31. The standard InChI is InChI=1S/C15H21N3O2/c1-16-9-12-4-2-6-18(10-12)11-13-8-15(20-17-13)14-5-3-7-19-14/h3,5,7-8,12,16H,2,4,6,9-11H2,1H3. The Labute approximate surface area is 118 Å². The van der Waals surface area contributed by atoms with Gasteiger partial charge in [0.25, 0.3) is 0 Å². The Morgan fingerprint density at radius 1 is 1.45 bits per heavy atom. The van der Waals surface area contributed by atoms with E-state index < -0.39 is 0 Å². The molecule has 0 aromatic carbocycles. The normalized spacial score (nSPS) is 20.4. The Balaban J connectivity index is 1.60. The summed E-state index contributed by atoms with van der Waals surface area (Å²) in [6.45, 7) is 4.21. The molecular weight excluding hydrogens is 254 g/mol. The number of nitrogens with one attached hydrogen (secondary N) is 1. The zero-order valence-corrected chi connectivity index (χ0v) is 11.8. The van der Waals surface area contributed by atoms with Gasteiger partial charge >= 0.3 is 0 Å². The monoisotopic (exact) mass is 275 g/mol. The van der Waals surface area contributed by atoms with Gasteiger partial charge in [-0.2, -0.15) is 0 Å². The van der Waals surface area contributed by atoms with Crippen molar-refractivity contribution in [3.8, 4) is 11.5 Å². The molecule has 0 radical (unpaired) electrons. The largest absolute Gasteiger partial charge is 0.461 e. The summed E-state index contributed by atoms with van der Waals surface area (Å²) in [6, 6.07) is 5.71. The quantitative estimate of drug-likeness (QED) is 0.908. The zero-order chi connectivity index (χ0) is 13.8. The lowest BCUT2D eigenvalue weighted by atomic mass is 9.98. The molecule has 5 heteroatoms. The molecule has 20 heavy (non-hydrogen) atoms. The first kappa shape index (κ1) is 13.4. The molecule has 3 rings (SSSR count). The lowest BCUT2D eigenvalue weighted by Crippen LogP contribution is -2.38. The minimum Gasteiger partial charge on any atom is -0.461 e. The van der Waals surface area contributed by atoms with E-state index in [-0.39, 0.29) is 0 Å². The Morgan fingerprint density at radius 2 is 2.40 bits per heavy atom. The topological polar surface area (TPSA) is 54.4 Å². The number of hydrogen-bond donors (Lipinski definition) is 1. The molecule has 1 fully saturated rings. The highest BCUT2D eigenvalue weighted by Gasteiger charge is 2.20. The van der Waals surface area contributed by atoms with E-state index in [4.69, 9.17) is 8.94 Å². The average Bonchev–Trinajstić information content (AvgIpc) is 3.10. The van der Waals surface area contributed by atoms with Crippen molar-refractivity contribution in [2.45, 2.75) is 19.4 Å². The Morgan fingerprint density at radius 3 is 3.20 bits per heavy atom. The van der Waals surface area contributed by atoms with Crippen molar-refractivity contribution in [2.24, 2.45) is 5.92 Å².